The SMILES string of the molecule is COc1ccccc1OCCNS(=O)(=O)c1cccc2nsnc12. The van der Waals surface area contributed by atoms with Gasteiger partial charge < -0.3 is 9.47 Å². The number of para-hydroxylation sites is 2. The van der Waals surface area contributed by atoms with Crippen molar-refractivity contribution < 1.29 is 17.9 Å². The summed E-state index contributed by atoms with van der Waals surface area (Å²) in [5, 5.41) is 0. The summed E-state index contributed by atoms with van der Waals surface area (Å²) in [5.41, 5.74) is 0.939. The van der Waals surface area contributed by atoms with Crippen LogP contribution in [0, 0.1) is 0 Å². The second-order valence-corrected chi connectivity index (χ2v) is 7.05. The van der Waals surface area contributed by atoms with Crippen molar-refractivity contribution in [3.05, 3.63) is 42.5 Å². The maximum Gasteiger partial charge on any atom is 0.242 e. The van der Waals surface area contributed by atoms with Crippen LogP contribution in [0.15, 0.2) is 47.4 Å². The molecule has 0 aliphatic carbocycles. The van der Waals surface area contributed by atoms with E-state index in [9.17, 15) is 8.42 Å². The molecule has 2 aromatic carbocycles. The average Bonchev–Trinajstić information content (AvgIpc) is 3.07. The Morgan fingerprint density at radius 1 is 1.08 bits per heavy atom. The molecule has 0 unspecified atom stereocenters. The molecule has 7 nitrogen and oxygen atoms in total. The van der Waals surface area contributed by atoms with E-state index < -0.39 is 10.0 Å². The van der Waals surface area contributed by atoms with Gasteiger partial charge in [-0.05, 0) is 24.3 Å². The lowest BCUT2D eigenvalue weighted by atomic mass is 10.3. The lowest BCUT2D eigenvalue weighted by molar-refractivity contribution is 0.299. The normalized spacial score (nSPS) is 11.5. The van der Waals surface area contributed by atoms with Crippen molar-refractivity contribution in [3.63, 3.8) is 0 Å². The predicted molar refractivity (Wildman–Crippen MR) is 91.1 cm³/mol. The van der Waals surface area contributed by atoms with Gasteiger partial charge in [0.2, 0.25) is 10.0 Å². The van der Waals surface area contributed by atoms with E-state index in [1.54, 1.807) is 31.4 Å². The number of hydrogen-bond acceptors (Lipinski definition) is 7. The Hall–Kier alpha value is -2.23. The van der Waals surface area contributed by atoms with Gasteiger partial charge in [0.1, 0.15) is 22.5 Å². The standard InChI is InChI=1S/C15H15N3O4S2/c1-21-12-6-2-3-7-13(12)22-10-9-16-24(19,20)14-8-4-5-11-15(14)18-23-17-11/h2-8,16H,9-10H2,1H3. The Kier molecular flexibility index (Phi) is 4.93. The van der Waals surface area contributed by atoms with Gasteiger partial charge in [-0.3, -0.25) is 0 Å². The Balaban J connectivity index is 1.65. The summed E-state index contributed by atoms with van der Waals surface area (Å²) >= 11 is 0.982. The van der Waals surface area contributed by atoms with E-state index >= 15 is 0 Å². The van der Waals surface area contributed by atoms with Gasteiger partial charge in [0.25, 0.3) is 0 Å². The minimum Gasteiger partial charge on any atom is -0.493 e. The highest BCUT2D eigenvalue weighted by Gasteiger charge is 2.19. The Labute approximate surface area is 143 Å². The largest absolute Gasteiger partial charge is 0.493 e. The summed E-state index contributed by atoms with van der Waals surface area (Å²) in [5.74, 6) is 1.16. The van der Waals surface area contributed by atoms with E-state index in [2.05, 4.69) is 13.5 Å². The Morgan fingerprint density at radius 2 is 1.88 bits per heavy atom. The summed E-state index contributed by atoms with van der Waals surface area (Å²) in [6.45, 7) is 0.291. The van der Waals surface area contributed by atoms with Crippen molar-refractivity contribution in [3.8, 4) is 11.5 Å². The molecule has 24 heavy (non-hydrogen) atoms. The van der Waals surface area contributed by atoms with Crippen LogP contribution in [0.25, 0.3) is 11.0 Å². The average molecular weight is 365 g/mol. The lowest BCUT2D eigenvalue weighted by Crippen LogP contribution is -2.28. The van der Waals surface area contributed by atoms with Crippen molar-refractivity contribution in [1.82, 2.24) is 13.5 Å². The first-order chi connectivity index (χ1) is 11.6. The van der Waals surface area contributed by atoms with Gasteiger partial charge in [0.05, 0.1) is 18.8 Å². The third-order valence-corrected chi connectivity index (χ3v) is 5.29. The summed E-state index contributed by atoms with van der Waals surface area (Å²) < 4.78 is 46.2. The molecule has 1 aromatic heterocycles. The van der Waals surface area contributed by atoms with Crippen LogP contribution in [-0.2, 0) is 10.0 Å². The molecule has 0 atom stereocenters. The monoisotopic (exact) mass is 365 g/mol. The van der Waals surface area contributed by atoms with Crippen molar-refractivity contribution >= 4 is 32.8 Å². The van der Waals surface area contributed by atoms with E-state index in [1.807, 2.05) is 12.1 Å². The van der Waals surface area contributed by atoms with E-state index in [1.165, 1.54) is 6.07 Å². The molecule has 0 fully saturated rings. The van der Waals surface area contributed by atoms with Gasteiger partial charge in [-0.1, -0.05) is 18.2 Å². The molecular formula is C15H15N3O4S2. The second kappa shape index (κ2) is 7.12. The summed E-state index contributed by atoms with van der Waals surface area (Å²) in [7, 11) is -2.13. The first kappa shape index (κ1) is 16.6. The summed E-state index contributed by atoms with van der Waals surface area (Å²) in [4.78, 5) is 0.117. The predicted octanol–water partition coefficient (Wildman–Crippen LogP) is 2.06. The molecule has 9 heteroatoms. The smallest absolute Gasteiger partial charge is 0.242 e. The number of benzene rings is 2. The minimum absolute atomic E-state index is 0.117. The zero-order chi connectivity index (χ0) is 17.0. The number of rotatable bonds is 7. The highest BCUT2D eigenvalue weighted by Crippen LogP contribution is 2.25. The number of sulfonamides is 1. The molecule has 1 N–H and O–H groups in total. The zero-order valence-corrected chi connectivity index (χ0v) is 14.4. The van der Waals surface area contributed by atoms with Gasteiger partial charge in [-0.2, -0.15) is 8.75 Å². The second-order valence-electron chi connectivity index (χ2n) is 4.79. The van der Waals surface area contributed by atoms with Gasteiger partial charge in [0.15, 0.2) is 11.5 Å². The Bertz CT molecular complexity index is 941. The maximum atomic E-state index is 12.4. The Morgan fingerprint density at radius 3 is 2.67 bits per heavy atom. The summed E-state index contributed by atoms with van der Waals surface area (Å²) in [6, 6.07) is 12.1. The molecule has 0 saturated carbocycles. The van der Waals surface area contributed by atoms with Crippen LogP contribution in [0.5, 0.6) is 11.5 Å². The van der Waals surface area contributed by atoms with Crippen molar-refractivity contribution in [1.29, 1.82) is 0 Å². The van der Waals surface area contributed by atoms with Gasteiger partial charge in [0, 0.05) is 6.54 Å². The molecule has 0 bridgehead atoms. The van der Waals surface area contributed by atoms with Crippen LogP contribution in [0.2, 0.25) is 0 Å². The van der Waals surface area contributed by atoms with Gasteiger partial charge in [-0.15, -0.1) is 0 Å². The molecule has 1 heterocycles. The van der Waals surface area contributed by atoms with E-state index in [-0.39, 0.29) is 18.0 Å². The van der Waals surface area contributed by atoms with Gasteiger partial charge >= 0.3 is 0 Å². The lowest BCUT2D eigenvalue weighted by Gasteiger charge is -2.11. The van der Waals surface area contributed by atoms with Crippen LogP contribution < -0.4 is 14.2 Å². The molecule has 0 aliphatic heterocycles. The third-order valence-electron chi connectivity index (χ3n) is 3.26. The highest BCUT2D eigenvalue weighted by molar-refractivity contribution is 7.89. The van der Waals surface area contributed by atoms with Gasteiger partial charge in [-0.25, -0.2) is 13.1 Å². The fraction of sp³-hybridized carbons (Fsp3) is 0.200. The van der Waals surface area contributed by atoms with Crippen LogP contribution in [-0.4, -0.2) is 37.4 Å². The zero-order valence-electron chi connectivity index (χ0n) is 12.8. The van der Waals surface area contributed by atoms with Crippen molar-refractivity contribution in [2.24, 2.45) is 0 Å². The van der Waals surface area contributed by atoms with Crippen molar-refractivity contribution in [2.75, 3.05) is 20.3 Å². The molecule has 0 spiro atoms. The highest BCUT2D eigenvalue weighted by atomic mass is 32.2. The molecule has 0 radical (unpaired) electrons. The van der Waals surface area contributed by atoms with E-state index in [0.29, 0.717) is 22.5 Å². The fourth-order valence-corrected chi connectivity index (χ4v) is 3.93. The molecule has 3 aromatic rings. The number of fused-ring (bicyclic) bond motifs is 1. The van der Waals surface area contributed by atoms with E-state index in [4.69, 9.17) is 9.47 Å². The van der Waals surface area contributed by atoms with E-state index in [0.717, 1.165) is 11.7 Å². The molecule has 0 saturated heterocycles. The first-order valence-corrected chi connectivity index (χ1v) is 9.30. The van der Waals surface area contributed by atoms with Crippen LogP contribution in [0.4, 0.5) is 0 Å². The maximum absolute atomic E-state index is 12.4. The van der Waals surface area contributed by atoms with Crippen molar-refractivity contribution in [2.45, 2.75) is 4.90 Å². The quantitative estimate of drug-likeness (QED) is 0.645. The van der Waals surface area contributed by atoms with Crippen LogP contribution in [0.1, 0.15) is 0 Å². The number of ether oxygens (including phenoxy) is 2. The molecule has 0 amide bonds. The fourth-order valence-electron chi connectivity index (χ4n) is 2.15. The first-order valence-electron chi connectivity index (χ1n) is 7.08. The number of nitrogens with zero attached hydrogens (tertiary/aromatic N) is 2. The number of methoxy groups -OCH3 is 1. The number of nitrogens with one attached hydrogen (secondary N) is 1. The molecule has 0 aliphatic rings. The number of aromatic nitrogens is 2. The molecule has 126 valence electrons. The topological polar surface area (TPSA) is 90.4 Å². The number of hydrogen-bond donors (Lipinski definition) is 1. The van der Waals surface area contributed by atoms with Crippen LogP contribution in [0.3, 0.4) is 0 Å². The summed E-state index contributed by atoms with van der Waals surface area (Å²) in [6.07, 6.45) is 0. The van der Waals surface area contributed by atoms with Crippen LogP contribution >= 0.6 is 11.7 Å². The molecular weight excluding hydrogens is 350 g/mol. The third kappa shape index (κ3) is 3.48. The molecule has 3 rings (SSSR count). The minimum atomic E-state index is -3.68.